The molecule has 4 heteroatoms. The molecule has 2 aliphatic carbocycles. The maximum Gasteiger partial charge on any atom is 0.307 e. The predicted octanol–water partition coefficient (Wildman–Crippen LogP) is 2.48. The Morgan fingerprint density at radius 2 is 1.41 bits per heavy atom. The van der Waals surface area contributed by atoms with E-state index in [1.54, 1.807) is 0 Å². The highest BCUT2D eigenvalue weighted by Gasteiger charge is 2.59. The van der Waals surface area contributed by atoms with E-state index in [1.165, 1.54) is 0 Å². The minimum atomic E-state index is -0.646. The van der Waals surface area contributed by atoms with Crippen LogP contribution in [-0.2, 0) is 9.59 Å². The standard InChI is InChI=1S/C7H12O2.C6H10O2/c1-4-5(6(8)9)7(4,2)3;1-6(2)3-4(6)5(7)8/h4-5H,1-3H3,(H,8,9);4H,3H2,1-2H3,(H,7,8). The molecule has 0 heterocycles. The smallest absolute Gasteiger partial charge is 0.307 e. The summed E-state index contributed by atoms with van der Waals surface area (Å²) in [4.78, 5) is 20.6. The molecule has 0 bridgehead atoms. The Kier molecular flexibility index (Phi) is 3.29. The average molecular weight is 242 g/mol. The minimum Gasteiger partial charge on any atom is -0.481 e. The molecule has 0 aliphatic heterocycles. The van der Waals surface area contributed by atoms with Gasteiger partial charge in [-0.1, -0.05) is 34.6 Å². The van der Waals surface area contributed by atoms with Gasteiger partial charge >= 0.3 is 11.9 Å². The van der Waals surface area contributed by atoms with E-state index >= 15 is 0 Å². The van der Waals surface area contributed by atoms with E-state index in [-0.39, 0.29) is 22.7 Å². The molecule has 0 aromatic carbocycles. The second-order valence-electron chi connectivity index (χ2n) is 6.51. The Hall–Kier alpha value is -1.06. The predicted molar refractivity (Wildman–Crippen MR) is 63.6 cm³/mol. The lowest BCUT2D eigenvalue weighted by atomic mass is 10.1. The van der Waals surface area contributed by atoms with Crippen LogP contribution in [0, 0.1) is 28.6 Å². The van der Waals surface area contributed by atoms with E-state index in [9.17, 15) is 9.59 Å². The molecule has 3 unspecified atom stereocenters. The van der Waals surface area contributed by atoms with Crippen molar-refractivity contribution >= 4 is 11.9 Å². The van der Waals surface area contributed by atoms with Gasteiger partial charge in [-0.2, -0.15) is 0 Å². The van der Waals surface area contributed by atoms with Crippen molar-refractivity contribution in [3.63, 3.8) is 0 Å². The maximum absolute atomic E-state index is 10.4. The van der Waals surface area contributed by atoms with E-state index in [2.05, 4.69) is 0 Å². The molecule has 4 nitrogen and oxygen atoms in total. The minimum absolute atomic E-state index is 0.0475. The number of aliphatic carboxylic acids is 2. The summed E-state index contributed by atoms with van der Waals surface area (Å²) in [5.41, 5.74) is 0.137. The van der Waals surface area contributed by atoms with Crippen molar-refractivity contribution in [2.75, 3.05) is 0 Å². The highest BCUT2D eigenvalue weighted by Crippen LogP contribution is 2.57. The van der Waals surface area contributed by atoms with E-state index in [0.29, 0.717) is 5.92 Å². The second kappa shape index (κ2) is 4.00. The normalized spacial score (nSPS) is 35.2. The fraction of sp³-hybridized carbons (Fsp3) is 0.846. The van der Waals surface area contributed by atoms with Gasteiger partial charge in [-0.15, -0.1) is 0 Å². The van der Waals surface area contributed by atoms with Gasteiger partial charge in [-0.25, -0.2) is 0 Å². The van der Waals surface area contributed by atoms with E-state index in [1.807, 2.05) is 34.6 Å². The van der Waals surface area contributed by atoms with Crippen LogP contribution in [0.2, 0.25) is 0 Å². The maximum atomic E-state index is 10.4. The molecule has 98 valence electrons. The van der Waals surface area contributed by atoms with Crippen molar-refractivity contribution in [2.45, 2.75) is 41.0 Å². The van der Waals surface area contributed by atoms with Crippen molar-refractivity contribution in [1.82, 2.24) is 0 Å². The molecule has 0 saturated heterocycles. The Morgan fingerprint density at radius 3 is 1.41 bits per heavy atom. The molecule has 0 aromatic rings. The first kappa shape index (κ1) is 14.0. The van der Waals surface area contributed by atoms with Gasteiger partial charge in [0.15, 0.2) is 0 Å². The summed E-state index contributed by atoms with van der Waals surface area (Å²) in [6, 6.07) is 0. The molecular weight excluding hydrogens is 220 g/mol. The van der Waals surface area contributed by atoms with Gasteiger partial charge in [0, 0.05) is 0 Å². The van der Waals surface area contributed by atoms with Crippen LogP contribution in [0.1, 0.15) is 41.0 Å². The van der Waals surface area contributed by atoms with Crippen LogP contribution in [0.3, 0.4) is 0 Å². The molecule has 17 heavy (non-hydrogen) atoms. The van der Waals surface area contributed by atoms with Crippen LogP contribution in [0.25, 0.3) is 0 Å². The van der Waals surface area contributed by atoms with Gasteiger partial charge in [0.05, 0.1) is 11.8 Å². The average Bonchev–Trinajstić information content (AvgIpc) is 2.89. The quantitative estimate of drug-likeness (QED) is 0.780. The largest absolute Gasteiger partial charge is 0.481 e. The summed E-state index contributed by atoms with van der Waals surface area (Å²) >= 11 is 0. The van der Waals surface area contributed by atoms with Crippen LogP contribution in [0.15, 0.2) is 0 Å². The fourth-order valence-electron chi connectivity index (χ4n) is 2.32. The molecule has 2 aliphatic rings. The zero-order valence-electron chi connectivity index (χ0n) is 11.2. The number of hydrogen-bond acceptors (Lipinski definition) is 2. The molecule has 2 N–H and O–H groups in total. The Balaban J connectivity index is 0.000000171. The molecule has 0 aromatic heterocycles. The van der Waals surface area contributed by atoms with Gasteiger partial charge < -0.3 is 10.2 Å². The first-order valence-corrected chi connectivity index (χ1v) is 5.97. The second-order valence-corrected chi connectivity index (χ2v) is 6.51. The van der Waals surface area contributed by atoms with Gasteiger partial charge in [0.25, 0.3) is 0 Å². The Labute approximate surface area is 102 Å². The van der Waals surface area contributed by atoms with Gasteiger partial charge in [0.1, 0.15) is 0 Å². The number of rotatable bonds is 2. The number of hydrogen-bond donors (Lipinski definition) is 2. The van der Waals surface area contributed by atoms with Crippen LogP contribution in [0.5, 0.6) is 0 Å². The summed E-state index contributed by atoms with van der Waals surface area (Å²) in [6.07, 6.45) is 0.850. The van der Waals surface area contributed by atoms with E-state index < -0.39 is 11.9 Å². The highest BCUT2D eigenvalue weighted by molar-refractivity contribution is 5.75. The zero-order valence-corrected chi connectivity index (χ0v) is 11.2. The molecule has 2 fully saturated rings. The first-order valence-electron chi connectivity index (χ1n) is 5.97. The SMILES string of the molecule is CC1(C)CC1C(=O)O.CC1C(C(=O)O)C1(C)C. The third-order valence-corrected chi connectivity index (χ3v) is 4.44. The summed E-state index contributed by atoms with van der Waals surface area (Å²) in [5.74, 6) is -1.10. The van der Waals surface area contributed by atoms with Crippen LogP contribution in [-0.4, -0.2) is 22.2 Å². The van der Waals surface area contributed by atoms with Crippen molar-refractivity contribution in [2.24, 2.45) is 28.6 Å². The van der Waals surface area contributed by atoms with Crippen molar-refractivity contribution < 1.29 is 19.8 Å². The molecule has 0 spiro atoms. The van der Waals surface area contributed by atoms with E-state index in [4.69, 9.17) is 10.2 Å². The third-order valence-electron chi connectivity index (χ3n) is 4.44. The first-order chi connectivity index (χ1) is 7.51. The molecule has 2 rings (SSSR count). The lowest BCUT2D eigenvalue weighted by Crippen LogP contribution is -2.02. The van der Waals surface area contributed by atoms with Gasteiger partial charge in [-0.3, -0.25) is 9.59 Å². The van der Waals surface area contributed by atoms with Gasteiger partial charge in [0.2, 0.25) is 0 Å². The van der Waals surface area contributed by atoms with Gasteiger partial charge in [-0.05, 0) is 23.2 Å². The Morgan fingerprint density at radius 1 is 1.06 bits per heavy atom. The zero-order chi connectivity index (χ0) is 13.6. The van der Waals surface area contributed by atoms with Crippen molar-refractivity contribution in [3.05, 3.63) is 0 Å². The lowest BCUT2D eigenvalue weighted by Gasteiger charge is -1.95. The van der Waals surface area contributed by atoms with Crippen molar-refractivity contribution in [3.8, 4) is 0 Å². The molecule has 3 atom stereocenters. The third kappa shape index (κ3) is 2.79. The number of carbonyl (C=O) groups is 2. The molecule has 2 saturated carbocycles. The van der Waals surface area contributed by atoms with E-state index in [0.717, 1.165) is 6.42 Å². The van der Waals surface area contributed by atoms with Crippen molar-refractivity contribution in [1.29, 1.82) is 0 Å². The fourth-order valence-corrected chi connectivity index (χ4v) is 2.32. The topological polar surface area (TPSA) is 74.6 Å². The molecular formula is C13H22O4. The van der Waals surface area contributed by atoms with Crippen LogP contribution in [0.4, 0.5) is 0 Å². The number of carboxylic acid groups (broad SMARTS) is 2. The summed E-state index contributed by atoms with van der Waals surface area (Å²) in [6.45, 7) is 9.93. The van der Waals surface area contributed by atoms with Crippen LogP contribution >= 0.6 is 0 Å². The number of carboxylic acids is 2. The van der Waals surface area contributed by atoms with Crippen LogP contribution < -0.4 is 0 Å². The molecule has 0 amide bonds. The Bertz CT molecular complexity index is 343. The summed E-state index contributed by atoms with van der Waals surface area (Å²) in [7, 11) is 0. The summed E-state index contributed by atoms with van der Waals surface area (Å²) < 4.78 is 0. The highest BCUT2D eigenvalue weighted by atomic mass is 16.4. The molecule has 0 radical (unpaired) electrons. The lowest BCUT2D eigenvalue weighted by molar-refractivity contribution is -0.140. The monoisotopic (exact) mass is 242 g/mol. The summed E-state index contributed by atoms with van der Waals surface area (Å²) in [5, 5.41) is 16.9.